The molecule has 0 amide bonds. The molecule has 0 aromatic heterocycles. The summed E-state index contributed by atoms with van der Waals surface area (Å²) in [7, 11) is 6.50. The van der Waals surface area contributed by atoms with E-state index in [1.807, 2.05) is 161 Å². The molecule has 4 aromatic carbocycles. The van der Waals surface area contributed by atoms with Crippen molar-refractivity contribution >= 4 is 5.78 Å². The number of ether oxygens (including phenoxy) is 2. The van der Waals surface area contributed by atoms with Gasteiger partial charge in [0.1, 0.15) is 0 Å². The lowest BCUT2D eigenvalue weighted by Crippen LogP contribution is -1.99. The fraction of sp³-hybridized carbons (Fsp3) is 0.242. The molecule has 0 atom stereocenters. The molecule has 0 fully saturated rings. The van der Waals surface area contributed by atoms with Crippen molar-refractivity contribution in [3.63, 3.8) is 0 Å². The van der Waals surface area contributed by atoms with Gasteiger partial charge in [-0.25, -0.2) is 0 Å². The van der Waals surface area contributed by atoms with Gasteiger partial charge >= 0.3 is 0 Å². The van der Waals surface area contributed by atoms with Gasteiger partial charge in [-0.05, 0) is 0 Å². The highest BCUT2D eigenvalue weighted by atomic mass is 16.5. The quantitative estimate of drug-likeness (QED) is 0.263. The van der Waals surface area contributed by atoms with Crippen molar-refractivity contribution in [2.45, 2.75) is 27.7 Å². The van der Waals surface area contributed by atoms with E-state index in [2.05, 4.69) is 9.47 Å². The Bertz CT molecular complexity index is 737. The highest BCUT2D eigenvalue weighted by Gasteiger charge is 2.06. The molecule has 36 heavy (non-hydrogen) atoms. The topological polar surface area (TPSA) is 35.5 Å². The Balaban J connectivity index is -0.000000416. The third-order valence-corrected chi connectivity index (χ3v) is 3.41. The van der Waals surface area contributed by atoms with Crippen molar-refractivity contribution in [3.05, 3.63) is 145 Å². The third kappa shape index (κ3) is 25.1. The van der Waals surface area contributed by atoms with Crippen LogP contribution in [0.5, 0.6) is 0 Å². The average molecular weight is 491 g/mol. The van der Waals surface area contributed by atoms with Crippen LogP contribution in [-0.4, -0.2) is 34.2 Å². The zero-order chi connectivity index (χ0) is 27.7. The molecule has 3 nitrogen and oxygen atoms in total. The van der Waals surface area contributed by atoms with Crippen LogP contribution in [0.1, 0.15) is 43.6 Å². The number of hydrogen-bond donors (Lipinski definition) is 0. The second-order valence-electron chi connectivity index (χ2n) is 6.19. The highest BCUT2D eigenvalue weighted by molar-refractivity contribution is 6.08. The first kappa shape index (κ1) is 37.0. The lowest BCUT2D eigenvalue weighted by Gasteiger charge is -1.99. The second kappa shape index (κ2) is 33.6. The van der Waals surface area contributed by atoms with Crippen LogP contribution in [0.25, 0.3) is 0 Å². The molecular formula is C33H46O3. The zero-order valence-corrected chi connectivity index (χ0v) is 23.4. The molecule has 0 saturated carbocycles. The predicted octanol–water partition coefficient (Wildman–Crippen LogP) is 8.87. The van der Waals surface area contributed by atoms with E-state index < -0.39 is 0 Å². The van der Waals surface area contributed by atoms with Gasteiger partial charge in [-0.15, -0.1) is 0 Å². The minimum absolute atomic E-state index is 0.0752. The molecule has 0 heterocycles. The Kier molecular flexibility index (Phi) is 34.6. The maximum atomic E-state index is 11.8. The van der Waals surface area contributed by atoms with Gasteiger partial charge in [0, 0.05) is 39.6 Å². The van der Waals surface area contributed by atoms with Gasteiger partial charge in [-0.2, -0.15) is 0 Å². The largest absolute Gasteiger partial charge is 0.388 e. The van der Waals surface area contributed by atoms with Crippen LogP contribution in [0.15, 0.2) is 133 Å². The van der Waals surface area contributed by atoms with Crippen LogP contribution in [0.3, 0.4) is 0 Å². The molecule has 0 spiro atoms. The van der Waals surface area contributed by atoms with Crippen LogP contribution < -0.4 is 0 Å². The first-order valence-corrected chi connectivity index (χ1v) is 12.2. The van der Waals surface area contributed by atoms with Crippen molar-refractivity contribution in [2.75, 3.05) is 28.4 Å². The van der Waals surface area contributed by atoms with Gasteiger partial charge in [0.05, 0.1) is 0 Å². The summed E-state index contributed by atoms with van der Waals surface area (Å²) in [6.07, 6.45) is 0. The summed E-state index contributed by atoms with van der Waals surface area (Å²) in [5.74, 6) is 0.0752. The van der Waals surface area contributed by atoms with Gasteiger partial charge in [0.2, 0.25) is 0 Å². The van der Waals surface area contributed by atoms with Gasteiger partial charge in [-0.1, -0.05) is 161 Å². The van der Waals surface area contributed by atoms with Crippen LogP contribution in [0, 0.1) is 0 Å². The van der Waals surface area contributed by atoms with Gasteiger partial charge in [0.25, 0.3) is 0 Å². The fourth-order valence-electron chi connectivity index (χ4n) is 2.12. The molecule has 0 bridgehead atoms. The molecule has 196 valence electrons. The summed E-state index contributed by atoms with van der Waals surface area (Å²) in [4.78, 5) is 11.8. The standard InChI is InChI=1S/C13H10O.2C6H6.2C2H6O.2C2H6/c14-13(11-7-3-1-4-8-11)12-9-5-2-6-10-12;2*1-2-4-6-5-3-1;2*1-3-2;2*1-2/h1-10H;2*1-6H;2*1-2H3;2*1-2H3. The third-order valence-electron chi connectivity index (χ3n) is 3.41. The smallest absolute Gasteiger partial charge is 0.193 e. The lowest BCUT2D eigenvalue weighted by molar-refractivity contribution is 0.103. The molecule has 4 aromatic rings. The minimum Gasteiger partial charge on any atom is -0.388 e. The van der Waals surface area contributed by atoms with Crippen LogP contribution in [0.4, 0.5) is 0 Å². The number of hydrogen-bond acceptors (Lipinski definition) is 3. The molecule has 3 heteroatoms. The van der Waals surface area contributed by atoms with E-state index in [1.54, 1.807) is 28.4 Å². The molecule has 0 aliphatic carbocycles. The zero-order valence-electron chi connectivity index (χ0n) is 23.4. The van der Waals surface area contributed by atoms with Gasteiger partial charge in [0.15, 0.2) is 5.78 Å². The van der Waals surface area contributed by atoms with Crippen molar-refractivity contribution < 1.29 is 14.3 Å². The minimum atomic E-state index is 0.0752. The molecule has 0 saturated heterocycles. The summed E-state index contributed by atoms with van der Waals surface area (Å²) in [5.41, 5.74) is 1.47. The Morgan fingerprint density at radius 3 is 0.694 bits per heavy atom. The molecule has 0 radical (unpaired) electrons. The number of ketones is 1. The Morgan fingerprint density at radius 1 is 0.389 bits per heavy atom. The summed E-state index contributed by atoms with van der Waals surface area (Å²) in [6.45, 7) is 8.00. The molecule has 0 aliphatic heterocycles. The van der Waals surface area contributed by atoms with Crippen LogP contribution in [0.2, 0.25) is 0 Å². The molecule has 0 unspecified atom stereocenters. The Morgan fingerprint density at radius 2 is 0.528 bits per heavy atom. The van der Waals surface area contributed by atoms with Gasteiger partial charge in [-0.3, -0.25) is 4.79 Å². The number of benzene rings is 4. The van der Waals surface area contributed by atoms with E-state index in [0.29, 0.717) is 0 Å². The summed E-state index contributed by atoms with van der Waals surface area (Å²) in [5, 5.41) is 0. The number of carbonyl (C=O) groups is 1. The average Bonchev–Trinajstić information content (AvgIpc) is 2.99. The Labute approximate surface area is 220 Å². The number of carbonyl (C=O) groups excluding carboxylic acids is 1. The van der Waals surface area contributed by atoms with E-state index >= 15 is 0 Å². The van der Waals surface area contributed by atoms with E-state index in [1.165, 1.54) is 0 Å². The molecule has 4 rings (SSSR count). The van der Waals surface area contributed by atoms with E-state index in [4.69, 9.17) is 0 Å². The molecular weight excluding hydrogens is 444 g/mol. The maximum absolute atomic E-state index is 11.8. The van der Waals surface area contributed by atoms with E-state index in [0.717, 1.165) is 11.1 Å². The molecule has 0 aliphatic rings. The maximum Gasteiger partial charge on any atom is 0.193 e. The summed E-state index contributed by atoms with van der Waals surface area (Å²) in [6, 6.07) is 42.6. The van der Waals surface area contributed by atoms with E-state index in [-0.39, 0.29) is 5.78 Å². The van der Waals surface area contributed by atoms with Crippen molar-refractivity contribution in [3.8, 4) is 0 Å². The van der Waals surface area contributed by atoms with Crippen LogP contribution >= 0.6 is 0 Å². The summed E-state index contributed by atoms with van der Waals surface area (Å²) < 4.78 is 8.50. The van der Waals surface area contributed by atoms with Crippen molar-refractivity contribution in [1.29, 1.82) is 0 Å². The van der Waals surface area contributed by atoms with Crippen LogP contribution in [-0.2, 0) is 9.47 Å². The molecule has 0 N–H and O–H groups in total. The van der Waals surface area contributed by atoms with E-state index in [9.17, 15) is 4.79 Å². The van der Waals surface area contributed by atoms with Crippen molar-refractivity contribution in [1.82, 2.24) is 0 Å². The fourth-order valence-corrected chi connectivity index (χ4v) is 2.12. The number of rotatable bonds is 2. The second-order valence-corrected chi connectivity index (χ2v) is 6.19. The predicted molar refractivity (Wildman–Crippen MR) is 158 cm³/mol. The van der Waals surface area contributed by atoms with Crippen molar-refractivity contribution in [2.24, 2.45) is 0 Å². The lowest BCUT2D eigenvalue weighted by atomic mass is 10.0. The van der Waals surface area contributed by atoms with Gasteiger partial charge < -0.3 is 9.47 Å². The highest BCUT2D eigenvalue weighted by Crippen LogP contribution is 2.08. The first-order valence-electron chi connectivity index (χ1n) is 12.2. The SMILES string of the molecule is CC.CC.COC.COC.O=C(c1ccccc1)c1ccccc1.c1ccccc1.c1ccccc1. The Hall–Kier alpha value is -3.53. The first-order chi connectivity index (χ1) is 17.7. The summed E-state index contributed by atoms with van der Waals surface area (Å²) >= 11 is 0. The number of methoxy groups -OCH3 is 2. The monoisotopic (exact) mass is 490 g/mol. The normalized spacial score (nSPS) is 7.78.